The van der Waals surface area contributed by atoms with E-state index in [0.29, 0.717) is 18.5 Å². The van der Waals surface area contributed by atoms with Gasteiger partial charge in [0.2, 0.25) is 5.91 Å². The number of rotatable bonds is 3. The minimum absolute atomic E-state index is 0.0828. The SMILES string of the molecule is CC1CCC(NCC(=O)N2CCCC2C#N)C1(C)C. The fourth-order valence-corrected chi connectivity index (χ4v) is 3.38. The Morgan fingerprint density at radius 2 is 2.16 bits per heavy atom. The zero-order valence-corrected chi connectivity index (χ0v) is 12.3. The Balaban J connectivity index is 1.86. The molecule has 1 aliphatic heterocycles. The summed E-state index contributed by atoms with van der Waals surface area (Å²) in [5, 5.41) is 12.4. The van der Waals surface area contributed by atoms with E-state index in [1.807, 2.05) is 0 Å². The molecule has 106 valence electrons. The summed E-state index contributed by atoms with van der Waals surface area (Å²) >= 11 is 0. The molecule has 1 amide bonds. The summed E-state index contributed by atoms with van der Waals surface area (Å²) in [6.07, 6.45) is 4.15. The second-order valence-corrected chi connectivity index (χ2v) is 6.61. The molecular formula is C15H25N3O. The van der Waals surface area contributed by atoms with Gasteiger partial charge < -0.3 is 10.2 Å². The maximum absolute atomic E-state index is 12.2. The number of nitrogens with zero attached hydrogens (tertiary/aromatic N) is 2. The molecule has 3 atom stereocenters. The van der Waals surface area contributed by atoms with E-state index >= 15 is 0 Å². The van der Waals surface area contributed by atoms with Crippen molar-refractivity contribution < 1.29 is 4.79 Å². The lowest BCUT2D eigenvalue weighted by Gasteiger charge is -2.32. The average molecular weight is 263 g/mol. The van der Waals surface area contributed by atoms with Crippen molar-refractivity contribution in [1.82, 2.24) is 10.2 Å². The largest absolute Gasteiger partial charge is 0.326 e. The first-order chi connectivity index (χ1) is 8.96. The second-order valence-electron chi connectivity index (χ2n) is 6.61. The van der Waals surface area contributed by atoms with Gasteiger partial charge in [-0.1, -0.05) is 20.8 Å². The van der Waals surface area contributed by atoms with Crippen LogP contribution in [0, 0.1) is 22.7 Å². The molecule has 2 aliphatic rings. The molecule has 0 aromatic rings. The van der Waals surface area contributed by atoms with E-state index in [1.165, 1.54) is 6.42 Å². The highest BCUT2D eigenvalue weighted by Gasteiger charge is 2.40. The van der Waals surface area contributed by atoms with Gasteiger partial charge in [0.1, 0.15) is 6.04 Å². The molecule has 4 nitrogen and oxygen atoms in total. The molecule has 4 heteroatoms. The Labute approximate surface area is 116 Å². The number of carbonyl (C=O) groups is 1. The van der Waals surface area contributed by atoms with Crippen LogP contribution in [-0.2, 0) is 4.79 Å². The van der Waals surface area contributed by atoms with E-state index in [0.717, 1.165) is 25.8 Å². The lowest BCUT2D eigenvalue weighted by atomic mass is 9.80. The zero-order chi connectivity index (χ0) is 14.0. The second kappa shape index (κ2) is 5.50. The number of nitriles is 1. The third-order valence-electron chi connectivity index (χ3n) is 5.28. The van der Waals surface area contributed by atoms with Gasteiger partial charge in [-0.3, -0.25) is 4.79 Å². The Morgan fingerprint density at radius 1 is 1.42 bits per heavy atom. The van der Waals surface area contributed by atoms with Gasteiger partial charge in [0.25, 0.3) is 0 Å². The molecule has 3 unspecified atom stereocenters. The summed E-state index contributed by atoms with van der Waals surface area (Å²) in [5.41, 5.74) is 0.250. The summed E-state index contributed by atoms with van der Waals surface area (Å²) in [6.45, 7) is 7.96. The molecule has 2 rings (SSSR count). The molecule has 0 spiro atoms. The van der Waals surface area contributed by atoms with E-state index in [2.05, 4.69) is 32.2 Å². The summed E-state index contributed by atoms with van der Waals surface area (Å²) < 4.78 is 0. The fourth-order valence-electron chi connectivity index (χ4n) is 3.38. The maximum Gasteiger partial charge on any atom is 0.237 e. The van der Waals surface area contributed by atoms with Crippen molar-refractivity contribution in [2.24, 2.45) is 11.3 Å². The highest BCUT2D eigenvalue weighted by Crippen LogP contribution is 2.42. The highest BCUT2D eigenvalue weighted by molar-refractivity contribution is 5.79. The average Bonchev–Trinajstić information content (AvgIpc) is 2.94. The minimum atomic E-state index is -0.204. The first-order valence-corrected chi connectivity index (χ1v) is 7.39. The molecule has 0 radical (unpaired) electrons. The number of nitrogens with one attached hydrogen (secondary N) is 1. The van der Waals surface area contributed by atoms with Gasteiger partial charge in [0.05, 0.1) is 12.6 Å². The van der Waals surface area contributed by atoms with Gasteiger partial charge in [-0.15, -0.1) is 0 Å². The summed E-state index contributed by atoms with van der Waals surface area (Å²) in [7, 11) is 0. The van der Waals surface area contributed by atoms with Crippen LogP contribution in [0.25, 0.3) is 0 Å². The molecule has 0 aromatic heterocycles. The normalized spacial score (nSPS) is 33.4. The van der Waals surface area contributed by atoms with E-state index in [1.54, 1.807) is 4.90 Å². The van der Waals surface area contributed by atoms with Crippen LogP contribution in [0.3, 0.4) is 0 Å². The van der Waals surface area contributed by atoms with Crippen molar-refractivity contribution in [2.45, 2.75) is 58.5 Å². The Hall–Kier alpha value is -1.08. The molecule has 2 fully saturated rings. The first kappa shape index (κ1) is 14.3. The van der Waals surface area contributed by atoms with Crippen molar-refractivity contribution in [3.63, 3.8) is 0 Å². The van der Waals surface area contributed by atoms with Crippen LogP contribution >= 0.6 is 0 Å². The number of hydrogen-bond donors (Lipinski definition) is 1. The van der Waals surface area contributed by atoms with E-state index in [4.69, 9.17) is 5.26 Å². The monoisotopic (exact) mass is 263 g/mol. The summed E-state index contributed by atoms with van der Waals surface area (Å²) in [5.74, 6) is 0.776. The van der Waals surface area contributed by atoms with Crippen LogP contribution in [0.1, 0.15) is 46.5 Å². The predicted octanol–water partition coefficient (Wildman–Crippen LogP) is 1.92. The smallest absolute Gasteiger partial charge is 0.237 e. The van der Waals surface area contributed by atoms with E-state index < -0.39 is 0 Å². The maximum atomic E-state index is 12.2. The predicted molar refractivity (Wildman–Crippen MR) is 74.3 cm³/mol. The van der Waals surface area contributed by atoms with E-state index in [-0.39, 0.29) is 17.4 Å². The van der Waals surface area contributed by atoms with Gasteiger partial charge in [-0.2, -0.15) is 5.26 Å². The third kappa shape index (κ3) is 2.76. The molecule has 0 aromatic carbocycles. The topological polar surface area (TPSA) is 56.1 Å². The fraction of sp³-hybridized carbons (Fsp3) is 0.867. The molecule has 1 heterocycles. The number of carbonyl (C=O) groups excluding carboxylic acids is 1. The van der Waals surface area contributed by atoms with Gasteiger partial charge in [0, 0.05) is 12.6 Å². The van der Waals surface area contributed by atoms with Crippen molar-refractivity contribution in [2.75, 3.05) is 13.1 Å². The van der Waals surface area contributed by atoms with Gasteiger partial charge in [-0.25, -0.2) is 0 Å². The van der Waals surface area contributed by atoms with Crippen LogP contribution in [0.5, 0.6) is 0 Å². The lowest BCUT2D eigenvalue weighted by Crippen LogP contribution is -2.47. The number of likely N-dealkylation sites (tertiary alicyclic amines) is 1. The summed E-state index contributed by atoms with van der Waals surface area (Å²) in [6, 6.07) is 2.43. The lowest BCUT2D eigenvalue weighted by molar-refractivity contribution is -0.130. The molecule has 1 saturated carbocycles. The van der Waals surface area contributed by atoms with Crippen molar-refractivity contribution in [1.29, 1.82) is 5.26 Å². The van der Waals surface area contributed by atoms with Crippen LogP contribution in [-0.4, -0.2) is 36.0 Å². The van der Waals surface area contributed by atoms with Crippen molar-refractivity contribution in [3.8, 4) is 6.07 Å². The molecule has 1 N–H and O–H groups in total. The van der Waals surface area contributed by atoms with Gasteiger partial charge >= 0.3 is 0 Å². The minimum Gasteiger partial charge on any atom is -0.326 e. The highest BCUT2D eigenvalue weighted by atomic mass is 16.2. The Kier molecular flexibility index (Phi) is 4.15. The molecule has 1 saturated heterocycles. The zero-order valence-electron chi connectivity index (χ0n) is 12.3. The molecular weight excluding hydrogens is 238 g/mol. The van der Waals surface area contributed by atoms with Crippen molar-refractivity contribution in [3.05, 3.63) is 0 Å². The first-order valence-electron chi connectivity index (χ1n) is 7.39. The van der Waals surface area contributed by atoms with Crippen molar-refractivity contribution >= 4 is 5.91 Å². The standard InChI is InChI=1S/C15H25N3O/c1-11-6-7-13(15(11,2)3)17-10-14(19)18-8-4-5-12(18)9-16/h11-13,17H,4-8,10H2,1-3H3. The van der Waals surface area contributed by atoms with Crippen LogP contribution < -0.4 is 5.32 Å². The quantitative estimate of drug-likeness (QED) is 0.846. The number of amides is 1. The summed E-state index contributed by atoms with van der Waals surface area (Å²) in [4.78, 5) is 13.9. The Bertz CT molecular complexity index is 385. The molecule has 0 bridgehead atoms. The third-order valence-corrected chi connectivity index (χ3v) is 5.28. The molecule has 1 aliphatic carbocycles. The van der Waals surface area contributed by atoms with Crippen LogP contribution in [0.15, 0.2) is 0 Å². The van der Waals surface area contributed by atoms with Crippen LogP contribution in [0.2, 0.25) is 0 Å². The van der Waals surface area contributed by atoms with Gasteiger partial charge in [0.15, 0.2) is 0 Å². The Morgan fingerprint density at radius 3 is 2.74 bits per heavy atom. The van der Waals surface area contributed by atoms with E-state index in [9.17, 15) is 4.79 Å². The number of hydrogen-bond acceptors (Lipinski definition) is 3. The molecule has 19 heavy (non-hydrogen) atoms. The van der Waals surface area contributed by atoms with Crippen LogP contribution in [0.4, 0.5) is 0 Å². The van der Waals surface area contributed by atoms with Gasteiger partial charge in [-0.05, 0) is 37.0 Å².